The predicted octanol–water partition coefficient (Wildman–Crippen LogP) is 9.90. The van der Waals surface area contributed by atoms with E-state index in [1.165, 1.54) is 44.5 Å². The molecule has 0 saturated heterocycles. The third-order valence-corrected chi connectivity index (χ3v) is 60.4. The summed E-state index contributed by atoms with van der Waals surface area (Å²) in [4.78, 5) is 0. The van der Waals surface area contributed by atoms with Crippen molar-refractivity contribution in [3.05, 3.63) is 106 Å². The molecule has 0 heterocycles. The molecule has 5 rings (SSSR count). The van der Waals surface area contributed by atoms with Gasteiger partial charge >= 0.3 is 221 Å². The summed E-state index contributed by atoms with van der Waals surface area (Å²) in [6.45, 7) is 9.30. The van der Waals surface area contributed by atoms with Crippen LogP contribution in [-0.4, -0.2) is 5.92 Å². The van der Waals surface area contributed by atoms with E-state index in [4.69, 9.17) is 17.0 Å². The minimum atomic E-state index is -4.48. The Morgan fingerprint density at radius 2 is 1.57 bits per heavy atom. The molecule has 0 nitrogen and oxygen atoms in total. The molecule has 0 amide bonds. The molecule has 0 N–H and O–H groups in total. The zero-order valence-electron chi connectivity index (χ0n) is 21.2. The van der Waals surface area contributed by atoms with Crippen LogP contribution in [0.3, 0.4) is 0 Å². The molecule has 2 aliphatic rings. The van der Waals surface area contributed by atoms with E-state index in [2.05, 4.69) is 112 Å². The Hall–Kier alpha value is -1.18. The van der Waals surface area contributed by atoms with E-state index in [0.29, 0.717) is 0 Å². The molecular formula is C31H35Cl2SiZr. The van der Waals surface area contributed by atoms with Crippen molar-refractivity contribution in [3.8, 4) is 11.1 Å². The number of aryl methyl sites for hydroxylation is 1. The van der Waals surface area contributed by atoms with Gasteiger partial charge in [-0.25, -0.2) is 0 Å². The van der Waals surface area contributed by atoms with E-state index < -0.39 is 21.5 Å². The first-order chi connectivity index (χ1) is 16.8. The zero-order chi connectivity index (χ0) is 24.8. The Kier molecular flexibility index (Phi) is 6.99. The molecule has 2 aliphatic carbocycles. The standard InChI is InChI=1S/C20H21.C9H7.C2H7Si.2ClH.Zr/c1-3-6-16-13-18-7-5-8-19(20(18)14-16)17-11-9-15(4-2)10-12-17;1-2-5-9-7-3-6-8(9)4-1;1-3-2;;;/h5,7-14H,3-4,6H2,1-2H3;1-7H;3H,1-2H3;2*1H;/q;;;;;+2/p-2. The van der Waals surface area contributed by atoms with Gasteiger partial charge in [0.05, 0.1) is 0 Å². The van der Waals surface area contributed by atoms with Gasteiger partial charge in [-0.05, 0) is 0 Å². The second kappa shape index (κ2) is 9.60. The van der Waals surface area contributed by atoms with Crippen LogP contribution in [0.1, 0.15) is 61.8 Å². The SMILES string of the molecule is CCCC1=Cc2c(-c3ccc(CC)cc3)cccc2[CH]1[Zr]([Cl])([Cl])([CH]1C=Cc2ccccc21)[SiH](C)C. The van der Waals surface area contributed by atoms with Gasteiger partial charge in [-0.1, -0.05) is 0 Å². The first-order valence-electron chi connectivity index (χ1n) is 13.1. The quantitative estimate of drug-likeness (QED) is 0.238. The van der Waals surface area contributed by atoms with Crippen molar-refractivity contribution < 1.29 is 15.6 Å². The van der Waals surface area contributed by atoms with Crippen molar-refractivity contribution in [2.75, 3.05) is 0 Å². The van der Waals surface area contributed by atoms with E-state index in [1.807, 2.05) is 0 Å². The fourth-order valence-corrected chi connectivity index (χ4v) is 35.9. The molecule has 0 aromatic heterocycles. The van der Waals surface area contributed by atoms with Gasteiger partial charge < -0.3 is 0 Å². The van der Waals surface area contributed by atoms with Crippen molar-refractivity contribution >= 4 is 35.1 Å². The Balaban J connectivity index is 1.71. The van der Waals surface area contributed by atoms with Crippen LogP contribution < -0.4 is 0 Å². The molecule has 2 unspecified atom stereocenters. The minimum absolute atomic E-state index is 0.173. The van der Waals surface area contributed by atoms with Crippen LogP contribution in [0.15, 0.2) is 78.4 Å². The average molecular weight is 598 g/mol. The molecule has 0 fully saturated rings. The number of benzene rings is 3. The van der Waals surface area contributed by atoms with Crippen molar-refractivity contribution in [1.82, 2.24) is 0 Å². The van der Waals surface area contributed by atoms with E-state index in [-0.39, 0.29) is 7.25 Å². The third-order valence-electron chi connectivity index (χ3n) is 8.41. The second-order valence-electron chi connectivity index (χ2n) is 10.6. The van der Waals surface area contributed by atoms with E-state index in [0.717, 1.165) is 19.3 Å². The van der Waals surface area contributed by atoms with Gasteiger partial charge in [0.1, 0.15) is 0 Å². The first kappa shape index (κ1) is 25.5. The Bertz CT molecular complexity index is 1320. The topological polar surface area (TPSA) is 0 Å². The number of halogens is 2. The maximum atomic E-state index is 8.21. The summed E-state index contributed by atoms with van der Waals surface area (Å²) in [6.07, 6.45) is 10.3. The molecule has 3 aromatic rings. The summed E-state index contributed by atoms with van der Waals surface area (Å²) in [5.41, 5.74) is 10.8. The third kappa shape index (κ3) is 4.04. The van der Waals surface area contributed by atoms with Crippen LogP contribution in [-0.2, 0) is 22.0 Å². The summed E-state index contributed by atoms with van der Waals surface area (Å²) < 4.78 is 0.350. The van der Waals surface area contributed by atoms with E-state index in [9.17, 15) is 0 Å². The van der Waals surface area contributed by atoms with Crippen LogP contribution in [0.4, 0.5) is 0 Å². The van der Waals surface area contributed by atoms with Crippen molar-refractivity contribution in [1.29, 1.82) is 0 Å². The summed E-state index contributed by atoms with van der Waals surface area (Å²) in [6, 6.07) is 24.6. The molecule has 4 heteroatoms. The van der Waals surface area contributed by atoms with Gasteiger partial charge in [0.15, 0.2) is 0 Å². The van der Waals surface area contributed by atoms with E-state index in [1.54, 1.807) is 0 Å². The van der Waals surface area contributed by atoms with Crippen LogP contribution in [0, 0.1) is 0 Å². The monoisotopic (exact) mass is 595 g/mol. The van der Waals surface area contributed by atoms with Crippen molar-refractivity contribution in [2.45, 2.75) is 53.5 Å². The van der Waals surface area contributed by atoms with Crippen LogP contribution in [0.5, 0.6) is 0 Å². The summed E-state index contributed by atoms with van der Waals surface area (Å²) in [7, 11) is 16.4. The molecule has 2 atom stereocenters. The van der Waals surface area contributed by atoms with Crippen LogP contribution in [0.25, 0.3) is 23.3 Å². The average Bonchev–Trinajstić information content (AvgIpc) is 3.47. The molecular weight excluding hydrogens is 563 g/mol. The van der Waals surface area contributed by atoms with Crippen molar-refractivity contribution in [2.24, 2.45) is 0 Å². The summed E-state index contributed by atoms with van der Waals surface area (Å²) >= 11 is -4.48. The Labute approximate surface area is 219 Å². The van der Waals surface area contributed by atoms with Gasteiger partial charge in [-0.3, -0.25) is 0 Å². The molecule has 0 radical (unpaired) electrons. The summed E-state index contributed by atoms with van der Waals surface area (Å²) in [5.74, 6) is -1.45. The van der Waals surface area contributed by atoms with Gasteiger partial charge in [0.25, 0.3) is 0 Å². The van der Waals surface area contributed by atoms with Gasteiger partial charge in [0.2, 0.25) is 0 Å². The molecule has 181 valence electrons. The molecule has 35 heavy (non-hydrogen) atoms. The van der Waals surface area contributed by atoms with E-state index >= 15 is 0 Å². The predicted molar refractivity (Wildman–Crippen MR) is 156 cm³/mol. The normalized spacial score (nSPS) is 19.9. The fourth-order valence-electron chi connectivity index (χ4n) is 6.40. The zero-order valence-corrected chi connectivity index (χ0v) is 26.3. The molecule has 3 aromatic carbocycles. The first-order valence-corrected chi connectivity index (χ1v) is 29.4. The molecule has 0 aliphatic heterocycles. The number of rotatable bonds is 7. The number of allylic oxidation sites excluding steroid dienone is 2. The summed E-state index contributed by atoms with van der Waals surface area (Å²) in [5, 5.41) is 0. The number of hydrogen-bond acceptors (Lipinski definition) is 0. The molecule has 0 bridgehead atoms. The number of hydrogen-bond donors (Lipinski definition) is 0. The van der Waals surface area contributed by atoms with Crippen LogP contribution in [0.2, 0.25) is 13.1 Å². The Morgan fingerprint density at radius 1 is 0.857 bits per heavy atom. The van der Waals surface area contributed by atoms with Gasteiger partial charge in [-0.15, -0.1) is 0 Å². The van der Waals surface area contributed by atoms with Crippen LogP contribution >= 0.6 is 17.0 Å². The molecule has 0 saturated carbocycles. The maximum absolute atomic E-state index is 8.21. The second-order valence-corrected chi connectivity index (χ2v) is 53.2. The van der Waals surface area contributed by atoms with Crippen molar-refractivity contribution in [3.63, 3.8) is 0 Å². The fraction of sp³-hybridized carbons (Fsp3) is 0.290. The molecule has 0 spiro atoms. The number of fused-ring (bicyclic) bond motifs is 2. The van der Waals surface area contributed by atoms with Gasteiger partial charge in [-0.2, -0.15) is 0 Å². The van der Waals surface area contributed by atoms with Gasteiger partial charge in [0, 0.05) is 0 Å². The Morgan fingerprint density at radius 3 is 2.26 bits per heavy atom.